The summed E-state index contributed by atoms with van der Waals surface area (Å²) in [7, 11) is 0. The van der Waals surface area contributed by atoms with E-state index < -0.39 is 6.10 Å². The Kier molecular flexibility index (Phi) is 7.25. The SMILES string of the molecule is CC(ON)C1CCc2cc(C(N)=NC3CCN(CC(O)CN)CC3)ccc2O1. The van der Waals surface area contributed by atoms with Gasteiger partial charge >= 0.3 is 0 Å². The van der Waals surface area contributed by atoms with E-state index >= 15 is 0 Å². The Balaban J connectivity index is 1.59. The molecule has 0 amide bonds. The van der Waals surface area contributed by atoms with Gasteiger partial charge < -0.3 is 26.2 Å². The fraction of sp³-hybridized carbons (Fsp3) is 0.650. The monoisotopic (exact) mass is 391 g/mol. The van der Waals surface area contributed by atoms with Crippen molar-refractivity contribution in [1.29, 1.82) is 0 Å². The van der Waals surface area contributed by atoms with E-state index in [2.05, 4.69) is 11.0 Å². The summed E-state index contributed by atoms with van der Waals surface area (Å²) in [6, 6.07) is 6.20. The number of likely N-dealkylation sites (tertiary alicyclic amines) is 1. The van der Waals surface area contributed by atoms with Gasteiger partial charge in [-0.15, -0.1) is 0 Å². The van der Waals surface area contributed by atoms with Crippen molar-refractivity contribution < 1.29 is 14.7 Å². The van der Waals surface area contributed by atoms with Crippen LogP contribution in [0.25, 0.3) is 0 Å². The summed E-state index contributed by atoms with van der Waals surface area (Å²) >= 11 is 0. The Bertz CT molecular complexity index is 676. The summed E-state index contributed by atoms with van der Waals surface area (Å²) in [6.45, 7) is 4.64. The zero-order valence-corrected chi connectivity index (χ0v) is 16.6. The van der Waals surface area contributed by atoms with Crippen molar-refractivity contribution in [3.63, 3.8) is 0 Å². The molecule has 1 saturated heterocycles. The molecule has 2 aliphatic rings. The molecule has 0 spiro atoms. The average molecular weight is 392 g/mol. The molecule has 8 nitrogen and oxygen atoms in total. The average Bonchev–Trinajstić information content (AvgIpc) is 2.73. The number of nitrogens with zero attached hydrogens (tertiary/aromatic N) is 2. The number of benzene rings is 1. The smallest absolute Gasteiger partial charge is 0.127 e. The van der Waals surface area contributed by atoms with Crippen LogP contribution in [0.15, 0.2) is 23.2 Å². The second kappa shape index (κ2) is 9.67. The molecule has 7 N–H and O–H groups in total. The highest BCUT2D eigenvalue weighted by Crippen LogP contribution is 2.30. The van der Waals surface area contributed by atoms with E-state index in [1.54, 1.807) is 0 Å². The number of β-amino-alcohol motifs (C(OH)–C–C–N with tert-alkyl or cyclic N) is 1. The van der Waals surface area contributed by atoms with Crippen LogP contribution in [0.2, 0.25) is 0 Å². The van der Waals surface area contributed by atoms with Crippen LogP contribution in [-0.4, -0.2) is 66.4 Å². The van der Waals surface area contributed by atoms with Gasteiger partial charge in [0.25, 0.3) is 0 Å². The maximum atomic E-state index is 9.69. The Hall–Kier alpha value is -1.71. The van der Waals surface area contributed by atoms with E-state index in [0.717, 1.165) is 55.6 Å². The minimum absolute atomic E-state index is 0.0302. The molecule has 1 aromatic rings. The van der Waals surface area contributed by atoms with E-state index in [-0.39, 0.29) is 18.2 Å². The molecular weight excluding hydrogens is 358 g/mol. The van der Waals surface area contributed by atoms with E-state index in [4.69, 9.17) is 31.9 Å². The lowest BCUT2D eigenvalue weighted by molar-refractivity contribution is -0.0238. The standard InChI is InChI=1S/C20H33N5O3/c1-13(28-23)18-4-2-14-10-15(3-5-19(14)27-18)20(22)24-16-6-8-25(9-7-16)12-17(26)11-21/h3,5,10,13,16-18,26H,2,4,6-9,11-12,21,23H2,1H3,(H2,22,24). The number of ether oxygens (including phenoxy) is 1. The Morgan fingerprint density at radius 3 is 2.79 bits per heavy atom. The van der Waals surface area contributed by atoms with Crippen LogP contribution in [-0.2, 0) is 11.3 Å². The van der Waals surface area contributed by atoms with E-state index in [9.17, 15) is 5.11 Å². The van der Waals surface area contributed by atoms with E-state index in [1.165, 1.54) is 0 Å². The predicted octanol–water partition coefficient (Wildman–Crippen LogP) is 0.148. The first kappa shape index (κ1) is 21.0. The van der Waals surface area contributed by atoms with Crippen LogP contribution in [0.3, 0.4) is 0 Å². The van der Waals surface area contributed by atoms with Gasteiger partial charge in [-0.1, -0.05) is 0 Å². The number of aliphatic hydroxyl groups is 1. The van der Waals surface area contributed by atoms with Crippen molar-refractivity contribution in [2.45, 2.75) is 57.0 Å². The zero-order chi connectivity index (χ0) is 20.1. The van der Waals surface area contributed by atoms with Gasteiger partial charge in [0.2, 0.25) is 0 Å². The van der Waals surface area contributed by atoms with Crippen LogP contribution >= 0.6 is 0 Å². The predicted molar refractivity (Wildman–Crippen MR) is 109 cm³/mol. The van der Waals surface area contributed by atoms with Gasteiger partial charge in [0.15, 0.2) is 0 Å². The van der Waals surface area contributed by atoms with Crippen LogP contribution < -0.4 is 22.1 Å². The molecular formula is C20H33N5O3. The van der Waals surface area contributed by atoms with Gasteiger partial charge in [0, 0.05) is 31.7 Å². The number of amidine groups is 1. The normalized spacial score (nSPS) is 23.7. The molecule has 28 heavy (non-hydrogen) atoms. The van der Waals surface area contributed by atoms with Crippen LogP contribution in [0.5, 0.6) is 5.75 Å². The zero-order valence-electron chi connectivity index (χ0n) is 16.6. The van der Waals surface area contributed by atoms with Gasteiger partial charge in [0.05, 0.1) is 12.1 Å². The highest BCUT2D eigenvalue weighted by molar-refractivity contribution is 5.98. The number of fused-ring (bicyclic) bond motifs is 1. The number of nitrogens with two attached hydrogens (primary N) is 3. The van der Waals surface area contributed by atoms with Crippen molar-refractivity contribution >= 4 is 5.84 Å². The van der Waals surface area contributed by atoms with Gasteiger partial charge in [-0.25, -0.2) is 5.90 Å². The van der Waals surface area contributed by atoms with Crippen LogP contribution in [0.1, 0.15) is 37.3 Å². The van der Waals surface area contributed by atoms with Crippen molar-refractivity contribution in [3.05, 3.63) is 29.3 Å². The number of aliphatic hydroxyl groups excluding tert-OH is 1. The lowest BCUT2D eigenvalue weighted by atomic mass is 9.97. The summed E-state index contributed by atoms with van der Waals surface area (Å²) in [5.74, 6) is 6.72. The molecule has 3 rings (SSSR count). The van der Waals surface area contributed by atoms with Crippen molar-refractivity contribution in [2.75, 3.05) is 26.2 Å². The maximum absolute atomic E-state index is 9.69. The Labute approximate surface area is 166 Å². The van der Waals surface area contributed by atoms with Crippen molar-refractivity contribution in [1.82, 2.24) is 4.90 Å². The second-order valence-corrected chi connectivity index (χ2v) is 7.79. The number of hydrogen-bond donors (Lipinski definition) is 4. The van der Waals surface area contributed by atoms with Gasteiger partial charge in [-0.2, -0.15) is 0 Å². The Morgan fingerprint density at radius 1 is 1.36 bits per heavy atom. The molecule has 2 heterocycles. The number of rotatable bonds is 7. The summed E-state index contributed by atoms with van der Waals surface area (Å²) in [4.78, 5) is 11.9. The molecule has 0 saturated carbocycles. The summed E-state index contributed by atoms with van der Waals surface area (Å²) in [5.41, 5.74) is 13.9. The van der Waals surface area contributed by atoms with Gasteiger partial charge in [-0.05, 0) is 56.4 Å². The van der Waals surface area contributed by atoms with Gasteiger partial charge in [-0.3, -0.25) is 9.83 Å². The molecule has 1 fully saturated rings. The fourth-order valence-corrected chi connectivity index (χ4v) is 3.86. The lowest BCUT2D eigenvalue weighted by Crippen LogP contribution is -2.42. The Morgan fingerprint density at radius 2 is 2.11 bits per heavy atom. The summed E-state index contributed by atoms with van der Waals surface area (Å²) in [5, 5.41) is 9.69. The minimum atomic E-state index is -0.457. The van der Waals surface area contributed by atoms with E-state index in [0.29, 0.717) is 18.9 Å². The number of aliphatic imine (C=N–C) groups is 1. The number of aryl methyl sites for hydroxylation is 1. The first-order valence-electron chi connectivity index (χ1n) is 10.1. The molecule has 0 aromatic heterocycles. The molecule has 3 unspecified atom stereocenters. The minimum Gasteiger partial charge on any atom is -0.487 e. The third kappa shape index (κ3) is 5.21. The van der Waals surface area contributed by atoms with E-state index in [1.807, 2.05) is 19.1 Å². The molecule has 0 aliphatic carbocycles. The molecule has 0 radical (unpaired) electrons. The quantitative estimate of drug-likeness (QED) is 0.295. The van der Waals surface area contributed by atoms with Crippen molar-refractivity contribution in [2.24, 2.45) is 22.4 Å². The topological polar surface area (TPSA) is 132 Å². The molecule has 8 heteroatoms. The second-order valence-electron chi connectivity index (χ2n) is 7.79. The molecule has 1 aromatic carbocycles. The van der Waals surface area contributed by atoms with Crippen LogP contribution in [0, 0.1) is 0 Å². The maximum Gasteiger partial charge on any atom is 0.127 e. The highest BCUT2D eigenvalue weighted by atomic mass is 16.6. The first-order valence-corrected chi connectivity index (χ1v) is 10.1. The molecule has 156 valence electrons. The summed E-state index contributed by atoms with van der Waals surface area (Å²) in [6.07, 6.45) is 3.00. The molecule has 2 aliphatic heterocycles. The van der Waals surface area contributed by atoms with Crippen LogP contribution in [0.4, 0.5) is 0 Å². The number of piperidine rings is 1. The highest BCUT2D eigenvalue weighted by Gasteiger charge is 2.26. The largest absolute Gasteiger partial charge is 0.487 e. The first-order chi connectivity index (χ1) is 13.5. The fourth-order valence-electron chi connectivity index (χ4n) is 3.86. The van der Waals surface area contributed by atoms with Gasteiger partial charge in [0.1, 0.15) is 23.8 Å². The third-order valence-electron chi connectivity index (χ3n) is 5.69. The molecule has 0 bridgehead atoms. The van der Waals surface area contributed by atoms with Crippen molar-refractivity contribution in [3.8, 4) is 5.75 Å². The number of hydrogen-bond acceptors (Lipinski definition) is 7. The molecule has 3 atom stereocenters. The third-order valence-corrected chi connectivity index (χ3v) is 5.69. The summed E-state index contributed by atoms with van der Waals surface area (Å²) < 4.78 is 6.00. The lowest BCUT2D eigenvalue weighted by Gasteiger charge is -2.31.